The fourth-order valence-corrected chi connectivity index (χ4v) is 3.30. The number of hydrogen-bond acceptors (Lipinski definition) is 2. The quantitative estimate of drug-likeness (QED) is 0.902. The third-order valence-corrected chi connectivity index (χ3v) is 4.31. The highest BCUT2D eigenvalue weighted by atomic mass is 19.1. The zero-order valence-electron chi connectivity index (χ0n) is 12.0. The van der Waals surface area contributed by atoms with Crippen molar-refractivity contribution in [3.8, 4) is 0 Å². The SMILES string of the molecule is CC(N)C(c1ccccc1F)N(C)C1CCCCC1. The standard InChI is InChI=1S/C16H25FN2/c1-12(18)16(14-10-6-7-11-15(14)17)19(2)13-8-4-3-5-9-13/h6-7,10-13,16H,3-5,8-9,18H2,1-2H3. The molecule has 106 valence electrons. The van der Waals surface area contributed by atoms with Gasteiger partial charge in [-0.05, 0) is 32.9 Å². The zero-order valence-corrected chi connectivity index (χ0v) is 12.0. The van der Waals surface area contributed by atoms with E-state index >= 15 is 0 Å². The predicted molar refractivity (Wildman–Crippen MR) is 77.4 cm³/mol. The Balaban J connectivity index is 2.22. The van der Waals surface area contributed by atoms with E-state index in [1.807, 2.05) is 19.1 Å². The molecule has 0 saturated heterocycles. The molecular formula is C16H25FN2. The average Bonchev–Trinajstić information content (AvgIpc) is 2.42. The molecule has 0 aromatic heterocycles. The Hall–Kier alpha value is -0.930. The number of nitrogens with two attached hydrogens (primary N) is 1. The molecular weight excluding hydrogens is 239 g/mol. The van der Waals surface area contributed by atoms with Crippen LogP contribution in [0.4, 0.5) is 4.39 Å². The second-order valence-corrected chi connectivity index (χ2v) is 5.78. The summed E-state index contributed by atoms with van der Waals surface area (Å²) < 4.78 is 14.0. The Morgan fingerprint density at radius 2 is 1.84 bits per heavy atom. The van der Waals surface area contributed by atoms with Crippen molar-refractivity contribution in [2.75, 3.05) is 7.05 Å². The lowest BCUT2D eigenvalue weighted by Crippen LogP contribution is -2.44. The molecule has 0 amide bonds. The molecule has 2 rings (SSSR count). The van der Waals surface area contributed by atoms with Gasteiger partial charge in [0.15, 0.2) is 0 Å². The van der Waals surface area contributed by atoms with E-state index in [9.17, 15) is 4.39 Å². The summed E-state index contributed by atoms with van der Waals surface area (Å²) in [5.74, 6) is -0.146. The van der Waals surface area contributed by atoms with E-state index in [2.05, 4.69) is 11.9 Å². The second-order valence-electron chi connectivity index (χ2n) is 5.78. The maximum absolute atomic E-state index is 14.0. The van der Waals surface area contributed by atoms with Crippen LogP contribution in [0.2, 0.25) is 0 Å². The maximum atomic E-state index is 14.0. The summed E-state index contributed by atoms with van der Waals surface area (Å²) in [5, 5.41) is 0. The van der Waals surface area contributed by atoms with Crippen molar-refractivity contribution < 1.29 is 4.39 Å². The topological polar surface area (TPSA) is 29.3 Å². The van der Waals surface area contributed by atoms with Gasteiger partial charge in [-0.2, -0.15) is 0 Å². The Kier molecular flexibility index (Phi) is 4.94. The molecule has 2 atom stereocenters. The van der Waals surface area contributed by atoms with Crippen molar-refractivity contribution in [1.82, 2.24) is 4.90 Å². The van der Waals surface area contributed by atoms with E-state index in [4.69, 9.17) is 5.73 Å². The van der Waals surface area contributed by atoms with Crippen molar-refractivity contribution in [2.45, 2.75) is 57.2 Å². The molecule has 1 aromatic rings. The smallest absolute Gasteiger partial charge is 0.128 e. The van der Waals surface area contributed by atoms with Crippen LogP contribution in [0.5, 0.6) is 0 Å². The average molecular weight is 264 g/mol. The van der Waals surface area contributed by atoms with Gasteiger partial charge in [0.05, 0.1) is 6.04 Å². The van der Waals surface area contributed by atoms with Crippen LogP contribution in [0.15, 0.2) is 24.3 Å². The fraction of sp³-hybridized carbons (Fsp3) is 0.625. The largest absolute Gasteiger partial charge is 0.326 e. The van der Waals surface area contributed by atoms with E-state index in [1.54, 1.807) is 6.07 Å². The number of benzene rings is 1. The van der Waals surface area contributed by atoms with Crippen LogP contribution >= 0.6 is 0 Å². The number of nitrogens with zero attached hydrogens (tertiary/aromatic N) is 1. The predicted octanol–water partition coefficient (Wildman–Crippen LogP) is 3.48. The second kappa shape index (κ2) is 6.49. The lowest BCUT2D eigenvalue weighted by molar-refractivity contribution is 0.121. The normalized spacial score (nSPS) is 20.5. The summed E-state index contributed by atoms with van der Waals surface area (Å²) >= 11 is 0. The number of halogens is 1. The molecule has 2 unspecified atom stereocenters. The first-order chi connectivity index (χ1) is 9.11. The van der Waals surface area contributed by atoms with E-state index in [-0.39, 0.29) is 17.9 Å². The summed E-state index contributed by atoms with van der Waals surface area (Å²) in [4.78, 5) is 2.29. The number of likely N-dealkylation sites (N-methyl/N-ethyl adjacent to an activating group) is 1. The highest BCUT2D eigenvalue weighted by molar-refractivity contribution is 5.23. The van der Waals surface area contributed by atoms with Crippen LogP contribution < -0.4 is 5.73 Å². The van der Waals surface area contributed by atoms with Crippen molar-refractivity contribution in [3.05, 3.63) is 35.6 Å². The summed E-state index contributed by atoms with van der Waals surface area (Å²) in [6.07, 6.45) is 6.28. The third-order valence-electron chi connectivity index (χ3n) is 4.31. The van der Waals surface area contributed by atoms with Gasteiger partial charge in [0.1, 0.15) is 5.82 Å². The van der Waals surface area contributed by atoms with E-state index < -0.39 is 0 Å². The molecule has 0 radical (unpaired) electrons. The molecule has 0 heterocycles. The van der Waals surface area contributed by atoms with Crippen molar-refractivity contribution >= 4 is 0 Å². The first-order valence-electron chi connectivity index (χ1n) is 7.33. The van der Waals surface area contributed by atoms with Gasteiger partial charge in [-0.25, -0.2) is 4.39 Å². The van der Waals surface area contributed by atoms with Crippen molar-refractivity contribution in [1.29, 1.82) is 0 Å². The van der Waals surface area contributed by atoms with Crippen molar-refractivity contribution in [2.24, 2.45) is 5.73 Å². The molecule has 0 aliphatic heterocycles. The Labute approximate surface area is 115 Å². The van der Waals surface area contributed by atoms with Gasteiger partial charge in [0.25, 0.3) is 0 Å². The van der Waals surface area contributed by atoms with E-state index in [1.165, 1.54) is 38.2 Å². The number of hydrogen-bond donors (Lipinski definition) is 1. The molecule has 1 aliphatic rings. The lowest BCUT2D eigenvalue weighted by atomic mass is 9.90. The molecule has 19 heavy (non-hydrogen) atoms. The minimum absolute atomic E-state index is 0.0377. The third kappa shape index (κ3) is 3.34. The highest BCUT2D eigenvalue weighted by Gasteiger charge is 2.29. The fourth-order valence-electron chi connectivity index (χ4n) is 3.30. The molecule has 1 fully saturated rings. The Bertz CT molecular complexity index is 399. The lowest BCUT2D eigenvalue weighted by Gasteiger charge is -2.39. The molecule has 1 aromatic carbocycles. The van der Waals surface area contributed by atoms with Gasteiger partial charge in [-0.15, -0.1) is 0 Å². The van der Waals surface area contributed by atoms with Gasteiger partial charge in [0.2, 0.25) is 0 Å². The molecule has 3 heteroatoms. The van der Waals surface area contributed by atoms with Gasteiger partial charge in [-0.1, -0.05) is 37.5 Å². The van der Waals surface area contributed by atoms with Crippen LogP contribution in [-0.2, 0) is 0 Å². The highest BCUT2D eigenvalue weighted by Crippen LogP contribution is 2.31. The van der Waals surface area contributed by atoms with Gasteiger partial charge < -0.3 is 5.73 Å². The molecule has 2 nitrogen and oxygen atoms in total. The minimum Gasteiger partial charge on any atom is -0.326 e. The molecule has 2 N–H and O–H groups in total. The van der Waals surface area contributed by atoms with Gasteiger partial charge >= 0.3 is 0 Å². The Morgan fingerprint density at radius 3 is 2.42 bits per heavy atom. The number of rotatable bonds is 4. The Morgan fingerprint density at radius 1 is 1.21 bits per heavy atom. The van der Waals surface area contributed by atoms with Crippen LogP contribution in [0.3, 0.4) is 0 Å². The first-order valence-corrected chi connectivity index (χ1v) is 7.33. The van der Waals surface area contributed by atoms with Crippen molar-refractivity contribution in [3.63, 3.8) is 0 Å². The maximum Gasteiger partial charge on any atom is 0.128 e. The van der Waals surface area contributed by atoms with Crippen LogP contribution in [0.25, 0.3) is 0 Å². The van der Waals surface area contributed by atoms with E-state index in [0.717, 1.165) is 5.56 Å². The van der Waals surface area contributed by atoms with Crippen LogP contribution in [0, 0.1) is 5.82 Å². The summed E-state index contributed by atoms with van der Waals surface area (Å²) in [5.41, 5.74) is 6.86. The van der Waals surface area contributed by atoms with Crippen LogP contribution in [-0.4, -0.2) is 24.0 Å². The van der Waals surface area contributed by atoms with E-state index in [0.29, 0.717) is 6.04 Å². The summed E-state index contributed by atoms with van der Waals surface area (Å²) in [6.45, 7) is 1.97. The van der Waals surface area contributed by atoms with Gasteiger partial charge in [-0.3, -0.25) is 4.90 Å². The first kappa shape index (κ1) is 14.5. The molecule has 1 saturated carbocycles. The molecule has 0 bridgehead atoms. The minimum atomic E-state index is -0.146. The summed E-state index contributed by atoms with van der Waals surface area (Å²) in [7, 11) is 2.09. The van der Waals surface area contributed by atoms with Gasteiger partial charge in [0, 0.05) is 17.6 Å². The van der Waals surface area contributed by atoms with Crippen LogP contribution in [0.1, 0.15) is 50.6 Å². The molecule has 0 spiro atoms. The summed E-state index contributed by atoms with van der Waals surface area (Å²) in [6, 6.07) is 7.43. The zero-order chi connectivity index (χ0) is 13.8. The monoisotopic (exact) mass is 264 g/mol. The molecule has 1 aliphatic carbocycles.